The molecular formula is C106H170N13O24P. The summed E-state index contributed by atoms with van der Waals surface area (Å²) in [6, 6.07) is 8.10. The van der Waals surface area contributed by atoms with Crippen LogP contribution in [0.15, 0.2) is 107 Å². The number of unbranched alkanes of at least 4 members (excludes halogenated alkanes) is 8. The van der Waals surface area contributed by atoms with Crippen molar-refractivity contribution < 1.29 is 115 Å². The Kier molecular flexibility index (Phi) is 57.4. The maximum absolute atomic E-state index is 14.3. The van der Waals surface area contributed by atoms with E-state index in [9.17, 15) is 81.3 Å². The minimum absolute atomic E-state index is 0.000407. The van der Waals surface area contributed by atoms with Gasteiger partial charge < -0.3 is 101 Å². The van der Waals surface area contributed by atoms with Crippen LogP contribution in [0.1, 0.15) is 252 Å². The van der Waals surface area contributed by atoms with Crippen molar-refractivity contribution in [1.82, 2.24) is 67.5 Å². The predicted octanol–water partition coefficient (Wildman–Crippen LogP) is 11.0. The molecule has 0 saturated carbocycles. The second-order valence-electron chi connectivity index (χ2n) is 39.5. The zero-order valence-corrected chi connectivity index (χ0v) is 91.1. The standard InChI is InChI=1S/C54H87N6O13P.C52H83N7O11/c1-15-35(5)46-49(63)57-40(10)53(67)73-47(36(6)16-2)38(8)43(72-54(68)55-29-23-18-17-19-24-30-70-74(13,14)69)28-27-37(7)52(66)71-44(31-34(3)4)48(62)56-39(9)50(64)60(12)42(32-41-25-21-20-22-26-41)51(65)59(11)33-45(61)58-46;1-13-33(5)44-36(8)41(70-52(68)53-27-21-16-15-17-22-28-60)26-25-35(7)51(67)69-42(29-32(3)4)47(63)55-38(10)49(65)59(12)40(30-39-23-19-18-20-24-39)50(66)58(11)31-43(61)56-45(34(6)14-2)48(64)54-37(9)46(62)57-44/h16,20-22,25-27,34-35,38-40,42-44,46-47H,15,17-19,23-24,28-33H2,1-14H3,(H,55,68)(H,56,62)(H,57,63)(H,58,61);13,18-20,23-25,32,34,36-38,40-42,44-45,60H,14-17,21-22,26-31H2,1-12H3,(H,53,68)(H,54,64)(H,55,63)(H,56,61)(H,57,62)/b36-16+,37-27+;33-13+,35-25+/t35?,38-,39-,40+,42+,43-,44+,46-,47+;34?,36-,37+,38-,40+,41-,42+,44+,45-/m00/s1. The van der Waals surface area contributed by atoms with Gasteiger partial charge in [0.2, 0.25) is 53.2 Å². The lowest BCUT2D eigenvalue weighted by Gasteiger charge is -2.33. The fraction of sp³-hybridized carbons (Fsp3) is 0.660. The molecule has 13 amide bonds. The molecule has 2 unspecified atom stereocenters. The fourth-order valence-corrected chi connectivity index (χ4v) is 16.6. The van der Waals surface area contributed by atoms with E-state index in [1.807, 2.05) is 66.7 Å². The van der Waals surface area contributed by atoms with Gasteiger partial charge in [-0.25, -0.2) is 24.0 Å². The normalized spacial score (nSPS) is 25.7. The van der Waals surface area contributed by atoms with Crippen LogP contribution in [0.2, 0.25) is 0 Å². The second kappa shape index (κ2) is 65.2. The quantitative estimate of drug-likeness (QED) is 0.0107. The van der Waals surface area contributed by atoms with E-state index in [1.165, 1.54) is 90.5 Å². The minimum atomic E-state index is -2.53. The number of rotatable bonds is 32. The highest BCUT2D eigenvalue weighted by Crippen LogP contribution is 2.37. The molecule has 808 valence electrons. The van der Waals surface area contributed by atoms with E-state index in [0.29, 0.717) is 57.4 Å². The monoisotopic (exact) mass is 2040 g/mol. The first-order valence-electron chi connectivity index (χ1n) is 50.9. The molecular weight excluding hydrogens is 1870 g/mol. The number of ether oxygens (including phenoxy) is 5. The Labute approximate surface area is 853 Å². The highest BCUT2D eigenvalue weighted by molar-refractivity contribution is 7.57. The molecule has 2 aromatic rings. The van der Waals surface area contributed by atoms with Crippen molar-refractivity contribution in [2.75, 3.05) is 80.9 Å². The molecule has 0 radical (unpaired) electrons. The number of aliphatic hydroxyl groups is 1. The number of cyclic esters (lactones) is 3. The Hall–Kier alpha value is -11.3. The van der Waals surface area contributed by atoms with Gasteiger partial charge in [-0.2, -0.15) is 0 Å². The summed E-state index contributed by atoms with van der Waals surface area (Å²) in [5.74, 6) is -11.9. The van der Waals surface area contributed by atoms with Gasteiger partial charge in [-0.05, 0) is 148 Å². The van der Waals surface area contributed by atoms with Crippen molar-refractivity contribution in [3.8, 4) is 0 Å². The lowest BCUT2D eigenvalue weighted by Crippen LogP contribution is -2.58. The number of carbonyl (C=O) groups excluding carboxylic acids is 16. The van der Waals surface area contributed by atoms with Crippen molar-refractivity contribution in [1.29, 1.82) is 0 Å². The summed E-state index contributed by atoms with van der Waals surface area (Å²) in [4.78, 5) is 227. The summed E-state index contributed by atoms with van der Waals surface area (Å²) < 4.78 is 46.9. The average Bonchev–Trinajstić information content (AvgIpc) is 0.826. The SMILES string of the molecule is C/C=C(\C)[C@H]1NC(=O)[C@@H](C)NC(=O)[C@H](C(C)CC)NC(=O)CN(C)C(=O)[C@@H](Cc2ccccc2)N(C)C(=O)[C@H](C)NC(=O)[C@@H](CC(C)C)OC(=O)/C(C)=C/C[C@H](OC(=O)NCCCCCCCO)[C@@H]1C.C/C=C(\C)[C@H]1OC(=O)[C@@H](C)NC(=O)[C@H](C(C)CC)NC(=O)CN(C)C(=O)[C@@H](Cc2ccccc2)N(C)C(=O)[C@H](C)NC(=O)[C@@H](CC(C)C)OC(=O)/C(C)=C/C[C@H](OC(=O)NCCCCCCCOP(C)(C)=O)[C@@H]1C. The fourth-order valence-electron chi connectivity index (χ4n) is 16.1. The molecule has 0 saturated heterocycles. The third-order valence-electron chi connectivity index (χ3n) is 25.9. The van der Waals surface area contributed by atoms with Gasteiger partial charge in [0.1, 0.15) is 66.6 Å². The van der Waals surface area contributed by atoms with Gasteiger partial charge in [0.25, 0.3) is 11.8 Å². The maximum Gasteiger partial charge on any atom is 0.407 e. The number of likely N-dealkylation sites (N-methyl/N-ethyl adjacent to an activating group) is 4. The summed E-state index contributed by atoms with van der Waals surface area (Å²) in [5, 5.41) is 34.0. The number of aliphatic hydroxyl groups excluding tert-OH is 1. The molecule has 37 nitrogen and oxygen atoms in total. The van der Waals surface area contributed by atoms with Crippen LogP contribution in [-0.4, -0.2) is 286 Å². The zero-order chi connectivity index (χ0) is 109. The van der Waals surface area contributed by atoms with Gasteiger partial charge in [0.15, 0.2) is 19.6 Å². The van der Waals surface area contributed by atoms with Crippen LogP contribution in [-0.2, 0) is 113 Å². The first-order chi connectivity index (χ1) is 67.8. The van der Waals surface area contributed by atoms with Crippen LogP contribution in [0.3, 0.4) is 0 Å². The van der Waals surface area contributed by atoms with Crippen LogP contribution < -0.4 is 47.9 Å². The van der Waals surface area contributed by atoms with Crippen molar-refractivity contribution in [2.45, 2.75) is 339 Å². The summed E-state index contributed by atoms with van der Waals surface area (Å²) in [6.07, 6.45) is 8.89. The number of amides is 13. The van der Waals surface area contributed by atoms with Crippen molar-refractivity contribution in [3.63, 3.8) is 0 Å². The molecule has 18 atom stereocenters. The smallest absolute Gasteiger partial charge is 0.407 e. The maximum atomic E-state index is 14.3. The Bertz CT molecular complexity index is 4680. The van der Waals surface area contributed by atoms with Crippen molar-refractivity contribution in [3.05, 3.63) is 118 Å². The molecule has 2 heterocycles. The molecule has 0 fully saturated rings. The Morgan fingerprint density at radius 1 is 0.479 bits per heavy atom. The van der Waals surface area contributed by atoms with E-state index in [4.69, 9.17) is 33.3 Å². The van der Waals surface area contributed by atoms with Crippen LogP contribution >= 0.6 is 7.37 Å². The molecule has 144 heavy (non-hydrogen) atoms. The second-order valence-corrected chi connectivity index (χ2v) is 42.2. The van der Waals surface area contributed by atoms with Crippen LogP contribution in [0, 0.1) is 35.5 Å². The summed E-state index contributed by atoms with van der Waals surface area (Å²) in [7, 11) is 3.16. The Morgan fingerprint density at radius 2 is 0.854 bits per heavy atom. The topological polar surface area (TPSA) is 487 Å². The van der Waals surface area contributed by atoms with E-state index >= 15 is 0 Å². The molecule has 10 N–H and O–H groups in total. The Morgan fingerprint density at radius 3 is 1.24 bits per heavy atom. The number of allylic oxidation sites excluding steroid dienone is 2. The first kappa shape index (κ1) is 127. The van der Waals surface area contributed by atoms with E-state index in [-0.39, 0.29) is 74.0 Å². The van der Waals surface area contributed by atoms with Crippen LogP contribution in [0.4, 0.5) is 9.59 Å². The number of alkyl carbamates (subject to hydrolysis) is 2. The molecule has 0 bridgehead atoms. The van der Waals surface area contributed by atoms with Crippen LogP contribution in [0.5, 0.6) is 0 Å². The van der Waals surface area contributed by atoms with Crippen molar-refractivity contribution >= 4 is 102 Å². The van der Waals surface area contributed by atoms with Gasteiger partial charge in [0, 0.05) is 110 Å². The molecule has 38 heteroatoms. The van der Waals surface area contributed by atoms with Gasteiger partial charge in [-0.15, -0.1) is 0 Å². The lowest BCUT2D eigenvalue weighted by molar-refractivity contribution is -0.155. The van der Waals surface area contributed by atoms with Crippen LogP contribution in [0.25, 0.3) is 0 Å². The highest BCUT2D eigenvalue weighted by Gasteiger charge is 2.42. The zero-order valence-electron chi connectivity index (χ0n) is 90.2. The molecule has 0 aromatic heterocycles. The number of carbonyl (C=O) groups is 16. The van der Waals surface area contributed by atoms with Gasteiger partial charge in [-0.1, -0.05) is 211 Å². The van der Waals surface area contributed by atoms with Gasteiger partial charge in [-0.3, -0.25) is 57.3 Å². The number of hydrogen-bond acceptors (Lipinski definition) is 24. The highest BCUT2D eigenvalue weighted by atomic mass is 31.2. The van der Waals surface area contributed by atoms with Crippen molar-refractivity contribution in [2.24, 2.45) is 35.5 Å². The Balaban J connectivity index is 0.000000741. The molecule has 0 spiro atoms. The summed E-state index contributed by atoms with van der Waals surface area (Å²) >= 11 is 0. The largest absolute Gasteiger partial charge is 0.456 e. The van der Waals surface area contributed by atoms with Gasteiger partial charge in [0.05, 0.1) is 25.7 Å². The minimum Gasteiger partial charge on any atom is -0.456 e. The first-order valence-corrected chi connectivity index (χ1v) is 53.4. The van der Waals surface area contributed by atoms with E-state index in [1.54, 1.807) is 122 Å². The number of nitrogens with zero attached hydrogens (tertiary/aromatic N) is 4. The molecule has 2 aliphatic rings. The third-order valence-corrected chi connectivity index (χ3v) is 26.7. The van der Waals surface area contributed by atoms with E-state index < -0.39 is 218 Å². The van der Waals surface area contributed by atoms with E-state index in [0.717, 1.165) is 66.5 Å². The third kappa shape index (κ3) is 45.1. The number of hydrogen-bond donors (Lipinski definition) is 10. The average molecular weight is 2040 g/mol. The lowest BCUT2D eigenvalue weighted by atomic mass is 9.88. The molecule has 2 aliphatic heterocycles. The molecule has 0 aliphatic carbocycles. The number of benzene rings is 2. The summed E-state index contributed by atoms with van der Waals surface area (Å²) in [6.45, 7) is 37.5. The summed E-state index contributed by atoms with van der Waals surface area (Å²) in [5.41, 5.74) is 2.99. The predicted molar refractivity (Wildman–Crippen MR) is 551 cm³/mol. The molecule has 2 aromatic carbocycles. The molecule has 4 rings (SSSR count). The van der Waals surface area contributed by atoms with Gasteiger partial charge >= 0.3 is 30.1 Å². The number of nitrogens with one attached hydrogen (secondary N) is 9. The number of esters is 3. The van der Waals surface area contributed by atoms with E-state index in [2.05, 4.69) is 47.9 Å².